The van der Waals surface area contributed by atoms with Gasteiger partial charge in [0.05, 0.1) is 30.1 Å². The fourth-order valence-electron chi connectivity index (χ4n) is 3.33. The van der Waals surface area contributed by atoms with Crippen molar-refractivity contribution in [2.75, 3.05) is 45.3 Å². The molecule has 1 aliphatic heterocycles. The van der Waals surface area contributed by atoms with E-state index in [2.05, 4.69) is 5.10 Å². The second-order valence-electron chi connectivity index (χ2n) is 6.90. The number of amides is 1. The number of likely N-dealkylation sites (N-methyl/N-ethyl adjacent to an activating group) is 1. The largest absolute Gasteiger partial charge is 0.469 e. The van der Waals surface area contributed by atoms with E-state index in [1.165, 1.54) is 10.9 Å². The Balaban J connectivity index is 1.72. The number of aryl methyl sites for hydroxylation is 1. The van der Waals surface area contributed by atoms with E-state index in [9.17, 15) is 9.59 Å². The van der Waals surface area contributed by atoms with Crippen molar-refractivity contribution in [2.24, 2.45) is 0 Å². The number of likely N-dealkylation sites (tertiary alicyclic amines) is 1. The van der Waals surface area contributed by atoms with Gasteiger partial charge in [0.2, 0.25) is 0 Å². The molecule has 0 saturated carbocycles. The van der Waals surface area contributed by atoms with Crippen LogP contribution in [0.25, 0.3) is 0 Å². The van der Waals surface area contributed by atoms with Crippen LogP contribution in [0.2, 0.25) is 0 Å². The number of anilines is 1. The van der Waals surface area contributed by atoms with Crippen LogP contribution in [-0.2, 0) is 4.74 Å². The Morgan fingerprint density at radius 2 is 2.26 bits per heavy atom. The van der Waals surface area contributed by atoms with Gasteiger partial charge in [-0.3, -0.25) is 9.59 Å². The van der Waals surface area contributed by atoms with Crippen LogP contribution >= 0.6 is 0 Å². The van der Waals surface area contributed by atoms with Gasteiger partial charge in [0, 0.05) is 39.9 Å². The van der Waals surface area contributed by atoms with Crippen LogP contribution in [0.1, 0.15) is 35.0 Å². The Hall–Kier alpha value is -2.61. The lowest BCUT2D eigenvalue weighted by Gasteiger charge is -2.33. The van der Waals surface area contributed by atoms with Gasteiger partial charge in [-0.1, -0.05) is 0 Å². The summed E-state index contributed by atoms with van der Waals surface area (Å²) in [6.07, 6.45) is 4.82. The van der Waals surface area contributed by atoms with Crippen molar-refractivity contribution < 1.29 is 13.9 Å². The molecular formula is C19H26N4O4. The summed E-state index contributed by atoms with van der Waals surface area (Å²) >= 11 is 0. The third-order valence-corrected chi connectivity index (χ3v) is 4.89. The normalized spacial score (nSPS) is 17.1. The molecule has 1 fully saturated rings. The van der Waals surface area contributed by atoms with E-state index in [4.69, 9.17) is 9.15 Å². The molecule has 27 heavy (non-hydrogen) atoms. The summed E-state index contributed by atoms with van der Waals surface area (Å²) in [5.41, 5.74) is 1.14. The zero-order valence-electron chi connectivity index (χ0n) is 16.1. The fraction of sp³-hybridized carbons (Fsp3) is 0.526. The average molecular weight is 374 g/mol. The highest BCUT2D eigenvalue weighted by Gasteiger charge is 2.27. The monoisotopic (exact) mass is 374 g/mol. The maximum atomic E-state index is 12.7. The average Bonchev–Trinajstić information content (AvgIpc) is 3.11. The van der Waals surface area contributed by atoms with Crippen molar-refractivity contribution in [3.05, 3.63) is 46.3 Å². The highest BCUT2D eigenvalue weighted by molar-refractivity contribution is 5.94. The van der Waals surface area contributed by atoms with E-state index in [1.54, 1.807) is 30.3 Å². The number of furan rings is 1. The molecular weight excluding hydrogens is 348 g/mol. The summed E-state index contributed by atoms with van der Waals surface area (Å²) in [6, 6.07) is 3.20. The zero-order chi connectivity index (χ0) is 19.4. The molecule has 8 heteroatoms. The van der Waals surface area contributed by atoms with Gasteiger partial charge in [0.15, 0.2) is 0 Å². The molecule has 0 bridgehead atoms. The van der Waals surface area contributed by atoms with E-state index in [-0.39, 0.29) is 17.5 Å². The van der Waals surface area contributed by atoms with Gasteiger partial charge in [0.1, 0.15) is 12.0 Å². The van der Waals surface area contributed by atoms with Crippen LogP contribution in [0.3, 0.4) is 0 Å². The second-order valence-corrected chi connectivity index (χ2v) is 6.90. The van der Waals surface area contributed by atoms with Crippen LogP contribution in [0, 0.1) is 6.92 Å². The van der Waals surface area contributed by atoms with Gasteiger partial charge in [-0.25, -0.2) is 4.68 Å². The number of carbonyl (C=O) groups excluding carboxylic acids is 1. The molecule has 0 spiro atoms. The second kappa shape index (κ2) is 8.39. The lowest BCUT2D eigenvalue weighted by molar-refractivity contribution is 0.0669. The van der Waals surface area contributed by atoms with Crippen LogP contribution in [-0.4, -0.2) is 61.0 Å². The van der Waals surface area contributed by atoms with Crippen LogP contribution in [0.4, 0.5) is 5.69 Å². The standard InChI is InChI=1S/C19H26N4O4/c1-14-9-15(13-27-14)19(25)22-6-4-5-16(12-22)23-18(24)10-17(11-20-23)21(2)7-8-26-3/h9-11,13,16H,4-8,12H2,1-3H3. The molecule has 146 valence electrons. The minimum Gasteiger partial charge on any atom is -0.469 e. The summed E-state index contributed by atoms with van der Waals surface area (Å²) in [6.45, 7) is 4.20. The lowest BCUT2D eigenvalue weighted by atomic mass is 10.0. The first kappa shape index (κ1) is 19.2. The predicted molar refractivity (Wildman–Crippen MR) is 101 cm³/mol. The summed E-state index contributed by atoms with van der Waals surface area (Å²) in [7, 11) is 3.54. The Morgan fingerprint density at radius 3 is 2.93 bits per heavy atom. The first-order valence-corrected chi connectivity index (χ1v) is 9.13. The minimum absolute atomic E-state index is 0.0690. The van der Waals surface area contributed by atoms with Crippen molar-refractivity contribution in [2.45, 2.75) is 25.8 Å². The quantitative estimate of drug-likeness (QED) is 0.766. The summed E-state index contributed by atoms with van der Waals surface area (Å²) in [5, 5.41) is 4.37. The summed E-state index contributed by atoms with van der Waals surface area (Å²) in [4.78, 5) is 28.9. The number of rotatable bonds is 6. The number of carbonyl (C=O) groups is 1. The number of ether oxygens (including phenoxy) is 1. The molecule has 2 aromatic heterocycles. The fourth-order valence-corrected chi connectivity index (χ4v) is 3.33. The van der Waals surface area contributed by atoms with Gasteiger partial charge in [-0.05, 0) is 25.8 Å². The number of methoxy groups -OCH3 is 1. The maximum absolute atomic E-state index is 12.7. The highest BCUT2D eigenvalue weighted by Crippen LogP contribution is 2.22. The molecule has 1 saturated heterocycles. The number of nitrogens with zero attached hydrogens (tertiary/aromatic N) is 4. The molecule has 3 heterocycles. The van der Waals surface area contributed by atoms with Crippen molar-refractivity contribution >= 4 is 11.6 Å². The first-order chi connectivity index (χ1) is 13.0. The maximum Gasteiger partial charge on any atom is 0.269 e. The third kappa shape index (κ3) is 4.39. The lowest BCUT2D eigenvalue weighted by Crippen LogP contribution is -2.43. The van der Waals surface area contributed by atoms with Crippen molar-refractivity contribution in [1.82, 2.24) is 14.7 Å². The van der Waals surface area contributed by atoms with Gasteiger partial charge < -0.3 is 19.0 Å². The number of hydrogen-bond acceptors (Lipinski definition) is 6. The molecule has 3 rings (SSSR count). The Morgan fingerprint density at radius 1 is 1.44 bits per heavy atom. The van der Waals surface area contributed by atoms with Crippen molar-refractivity contribution in [1.29, 1.82) is 0 Å². The van der Waals surface area contributed by atoms with Gasteiger partial charge in [-0.2, -0.15) is 5.10 Å². The van der Waals surface area contributed by atoms with Crippen LogP contribution < -0.4 is 10.5 Å². The molecule has 0 radical (unpaired) electrons. The van der Waals surface area contributed by atoms with E-state index < -0.39 is 0 Å². The van der Waals surface area contributed by atoms with E-state index in [0.29, 0.717) is 37.6 Å². The van der Waals surface area contributed by atoms with E-state index in [1.807, 2.05) is 18.9 Å². The molecule has 1 aliphatic rings. The molecule has 1 amide bonds. The Labute approximate surface area is 158 Å². The van der Waals surface area contributed by atoms with Gasteiger partial charge in [0.25, 0.3) is 11.5 Å². The number of aromatic nitrogens is 2. The number of piperidine rings is 1. The van der Waals surface area contributed by atoms with Crippen molar-refractivity contribution in [3.8, 4) is 0 Å². The van der Waals surface area contributed by atoms with Gasteiger partial charge in [-0.15, -0.1) is 0 Å². The molecule has 1 atom stereocenters. The van der Waals surface area contributed by atoms with E-state index in [0.717, 1.165) is 18.5 Å². The topological polar surface area (TPSA) is 80.8 Å². The molecule has 8 nitrogen and oxygen atoms in total. The Kier molecular flexibility index (Phi) is 5.95. The smallest absolute Gasteiger partial charge is 0.269 e. The van der Waals surface area contributed by atoms with Gasteiger partial charge >= 0.3 is 0 Å². The van der Waals surface area contributed by atoms with Crippen molar-refractivity contribution in [3.63, 3.8) is 0 Å². The SMILES string of the molecule is COCCN(C)c1cnn(C2CCCN(C(=O)c3coc(C)c3)C2)c(=O)c1. The zero-order valence-corrected chi connectivity index (χ0v) is 16.1. The predicted octanol–water partition coefficient (Wildman–Crippen LogP) is 1.70. The first-order valence-electron chi connectivity index (χ1n) is 9.13. The third-order valence-electron chi connectivity index (χ3n) is 4.89. The molecule has 0 aliphatic carbocycles. The minimum atomic E-state index is -0.157. The summed E-state index contributed by atoms with van der Waals surface area (Å²) in [5.74, 6) is 0.637. The molecule has 1 unspecified atom stereocenters. The number of hydrogen-bond donors (Lipinski definition) is 0. The van der Waals surface area contributed by atoms with E-state index >= 15 is 0 Å². The molecule has 2 aromatic rings. The summed E-state index contributed by atoms with van der Waals surface area (Å²) < 4.78 is 11.8. The molecule has 0 aromatic carbocycles. The highest BCUT2D eigenvalue weighted by atomic mass is 16.5. The Bertz CT molecular complexity index is 844. The van der Waals surface area contributed by atoms with Crippen LogP contribution in [0.5, 0.6) is 0 Å². The molecule has 0 N–H and O–H groups in total. The van der Waals surface area contributed by atoms with Crippen LogP contribution in [0.15, 0.2) is 33.8 Å².